The van der Waals surface area contributed by atoms with Crippen molar-refractivity contribution in [2.45, 2.75) is 13.5 Å². The first-order valence-corrected chi connectivity index (χ1v) is 6.70. The van der Waals surface area contributed by atoms with E-state index in [1.807, 2.05) is 31.2 Å². The van der Waals surface area contributed by atoms with Gasteiger partial charge < -0.3 is 9.73 Å². The summed E-state index contributed by atoms with van der Waals surface area (Å²) in [5, 5.41) is 3.32. The Hall–Kier alpha value is -1.88. The van der Waals surface area contributed by atoms with Crippen LogP contribution >= 0.6 is 15.9 Å². The molecule has 2 heterocycles. The van der Waals surface area contributed by atoms with Crippen molar-refractivity contribution in [3.8, 4) is 0 Å². The van der Waals surface area contributed by atoms with Gasteiger partial charge in [0.15, 0.2) is 12.0 Å². The molecule has 0 atom stereocenters. The lowest BCUT2D eigenvalue weighted by molar-refractivity contribution is 0.602. The molecule has 0 radical (unpaired) electrons. The van der Waals surface area contributed by atoms with Crippen molar-refractivity contribution in [3.05, 3.63) is 52.5 Å². The summed E-state index contributed by atoms with van der Waals surface area (Å²) in [7, 11) is 0. The largest absolute Gasteiger partial charge is 0.443 e. The lowest BCUT2D eigenvalue weighted by Gasteiger charge is -2.08. The van der Waals surface area contributed by atoms with Gasteiger partial charge in [-0.25, -0.2) is 9.97 Å². The summed E-state index contributed by atoms with van der Waals surface area (Å²) in [4.78, 5) is 8.45. The van der Waals surface area contributed by atoms with Crippen molar-refractivity contribution >= 4 is 32.8 Å². The topological polar surface area (TPSA) is 51.0 Å². The first-order valence-electron chi connectivity index (χ1n) is 5.90. The zero-order valence-corrected chi connectivity index (χ0v) is 11.9. The van der Waals surface area contributed by atoms with Crippen molar-refractivity contribution in [2.75, 3.05) is 5.32 Å². The zero-order chi connectivity index (χ0) is 13.2. The number of nitrogens with one attached hydrogen (secondary N) is 1. The predicted molar refractivity (Wildman–Crippen MR) is 78.0 cm³/mol. The van der Waals surface area contributed by atoms with Crippen molar-refractivity contribution in [3.63, 3.8) is 0 Å². The number of rotatable bonds is 3. The van der Waals surface area contributed by atoms with Gasteiger partial charge in [0.2, 0.25) is 0 Å². The number of oxazole rings is 1. The smallest absolute Gasteiger partial charge is 0.181 e. The summed E-state index contributed by atoms with van der Waals surface area (Å²) in [6.45, 7) is 2.73. The number of anilines is 1. The fourth-order valence-corrected chi connectivity index (χ4v) is 2.37. The van der Waals surface area contributed by atoms with Crippen LogP contribution in [0.2, 0.25) is 0 Å². The van der Waals surface area contributed by atoms with E-state index in [-0.39, 0.29) is 0 Å². The number of benzene rings is 1. The van der Waals surface area contributed by atoms with Crippen LogP contribution in [0.25, 0.3) is 11.1 Å². The van der Waals surface area contributed by atoms with Crippen molar-refractivity contribution in [2.24, 2.45) is 0 Å². The van der Waals surface area contributed by atoms with Crippen molar-refractivity contribution < 1.29 is 4.42 Å². The first kappa shape index (κ1) is 12.2. The molecular weight excluding hydrogens is 306 g/mol. The molecule has 0 bridgehead atoms. The molecule has 3 aromatic rings. The maximum atomic E-state index is 5.29. The van der Waals surface area contributed by atoms with Gasteiger partial charge in [-0.05, 0) is 52.2 Å². The molecule has 0 spiro atoms. The van der Waals surface area contributed by atoms with E-state index < -0.39 is 0 Å². The van der Waals surface area contributed by atoms with Crippen molar-refractivity contribution in [1.29, 1.82) is 0 Å². The maximum Gasteiger partial charge on any atom is 0.181 e. The zero-order valence-electron chi connectivity index (χ0n) is 10.4. The molecule has 2 aromatic heterocycles. The Morgan fingerprint density at radius 3 is 3.00 bits per heavy atom. The quantitative estimate of drug-likeness (QED) is 0.795. The van der Waals surface area contributed by atoms with E-state index >= 15 is 0 Å². The van der Waals surface area contributed by atoms with E-state index in [0.717, 1.165) is 32.5 Å². The molecule has 19 heavy (non-hydrogen) atoms. The minimum Gasteiger partial charge on any atom is -0.443 e. The molecule has 0 aliphatic carbocycles. The molecule has 0 saturated carbocycles. The molecule has 4 nitrogen and oxygen atoms in total. The Labute approximate surface area is 119 Å². The van der Waals surface area contributed by atoms with Gasteiger partial charge in [0.25, 0.3) is 0 Å². The second kappa shape index (κ2) is 5.01. The standard InChI is InChI=1S/C14H12BrN3O/c1-9-4-11(15)7-17-14(9)16-6-10-2-3-12-13(5-10)19-8-18-12/h2-5,7-8H,6H2,1H3,(H,16,17). The van der Waals surface area contributed by atoms with Crippen LogP contribution in [0.1, 0.15) is 11.1 Å². The normalized spacial score (nSPS) is 10.8. The molecular formula is C14H12BrN3O. The summed E-state index contributed by atoms with van der Waals surface area (Å²) in [5.74, 6) is 0.890. The van der Waals surface area contributed by atoms with Gasteiger partial charge in [0, 0.05) is 17.2 Å². The molecule has 3 rings (SSSR count). The summed E-state index contributed by atoms with van der Waals surface area (Å²) in [5.41, 5.74) is 3.92. The third kappa shape index (κ3) is 2.61. The molecule has 0 amide bonds. The highest BCUT2D eigenvalue weighted by Gasteiger charge is 2.03. The van der Waals surface area contributed by atoms with Gasteiger partial charge in [0.1, 0.15) is 11.3 Å². The number of hydrogen-bond acceptors (Lipinski definition) is 4. The van der Waals surface area contributed by atoms with Gasteiger partial charge in [0.05, 0.1) is 0 Å². The maximum absolute atomic E-state index is 5.29. The monoisotopic (exact) mass is 317 g/mol. The molecule has 5 heteroatoms. The van der Waals surface area contributed by atoms with E-state index in [4.69, 9.17) is 4.42 Å². The number of fused-ring (bicyclic) bond motifs is 1. The molecule has 0 unspecified atom stereocenters. The van der Waals surface area contributed by atoms with Crippen LogP contribution in [0.5, 0.6) is 0 Å². The lowest BCUT2D eigenvalue weighted by atomic mass is 10.2. The van der Waals surface area contributed by atoms with Crippen LogP contribution in [0, 0.1) is 6.92 Å². The van der Waals surface area contributed by atoms with Crippen molar-refractivity contribution in [1.82, 2.24) is 9.97 Å². The number of pyridine rings is 1. The van der Waals surface area contributed by atoms with Crippen LogP contribution in [-0.4, -0.2) is 9.97 Å². The van der Waals surface area contributed by atoms with Crippen LogP contribution < -0.4 is 5.32 Å². The number of hydrogen-bond donors (Lipinski definition) is 1. The third-order valence-corrected chi connectivity index (χ3v) is 3.33. The second-order valence-electron chi connectivity index (χ2n) is 4.33. The first-order chi connectivity index (χ1) is 9.22. The van der Waals surface area contributed by atoms with E-state index in [1.54, 1.807) is 6.20 Å². The Morgan fingerprint density at radius 1 is 1.26 bits per heavy atom. The fourth-order valence-electron chi connectivity index (χ4n) is 1.92. The number of aryl methyl sites for hydroxylation is 1. The van der Waals surface area contributed by atoms with E-state index in [2.05, 4.69) is 31.2 Å². The molecule has 0 saturated heterocycles. The van der Waals surface area contributed by atoms with E-state index in [0.29, 0.717) is 6.54 Å². The summed E-state index contributed by atoms with van der Waals surface area (Å²) in [6, 6.07) is 8.02. The highest BCUT2D eigenvalue weighted by molar-refractivity contribution is 9.10. The number of nitrogens with zero attached hydrogens (tertiary/aromatic N) is 2. The van der Waals surface area contributed by atoms with Crippen LogP contribution in [0.4, 0.5) is 5.82 Å². The molecule has 1 aromatic carbocycles. The molecule has 0 fully saturated rings. The van der Waals surface area contributed by atoms with Gasteiger partial charge in [-0.2, -0.15) is 0 Å². The average Bonchev–Trinajstić information content (AvgIpc) is 2.85. The summed E-state index contributed by atoms with van der Waals surface area (Å²) >= 11 is 3.41. The third-order valence-electron chi connectivity index (χ3n) is 2.90. The number of aromatic nitrogens is 2. The van der Waals surface area contributed by atoms with E-state index in [1.165, 1.54) is 6.39 Å². The highest BCUT2D eigenvalue weighted by Crippen LogP contribution is 2.19. The minimum atomic E-state index is 0.701. The molecule has 96 valence electrons. The Bertz CT molecular complexity index is 724. The summed E-state index contributed by atoms with van der Waals surface area (Å²) < 4.78 is 6.27. The summed E-state index contributed by atoms with van der Waals surface area (Å²) in [6.07, 6.45) is 3.25. The Morgan fingerprint density at radius 2 is 2.16 bits per heavy atom. The SMILES string of the molecule is Cc1cc(Br)cnc1NCc1ccc2ncoc2c1. The van der Waals surface area contributed by atoms with Gasteiger partial charge in [-0.3, -0.25) is 0 Å². The molecule has 0 aliphatic heterocycles. The Balaban J connectivity index is 1.77. The van der Waals surface area contributed by atoms with Gasteiger partial charge in [-0.15, -0.1) is 0 Å². The van der Waals surface area contributed by atoms with E-state index in [9.17, 15) is 0 Å². The second-order valence-corrected chi connectivity index (χ2v) is 5.24. The van der Waals surface area contributed by atoms with Crippen LogP contribution in [-0.2, 0) is 6.54 Å². The lowest BCUT2D eigenvalue weighted by Crippen LogP contribution is -2.02. The Kier molecular flexibility index (Phi) is 3.21. The minimum absolute atomic E-state index is 0.701. The van der Waals surface area contributed by atoms with Crippen LogP contribution in [0.3, 0.4) is 0 Å². The number of halogens is 1. The molecule has 0 aliphatic rings. The van der Waals surface area contributed by atoms with Gasteiger partial charge >= 0.3 is 0 Å². The van der Waals surface area contributed by atoms with Gasteiger partial charge in [-0.1, -0.05) is 6.07 Å². The molecule has 1 N–H and O–H groups in total. The average molecular weight is 318 g/mol. The fraction of sp³-hybridized carbons (Fsp3) is 0.143. The highest BCUT2D eigenvalue weighted by atomic mass is 79.9. The van der Waals surface area contributed by atoms with Crippen LogP contribution in [0.15, 0.2) is 45.7 Å². The predicted octanol–water partition coefficient (Wildman–Crippen LogP) is 3.91.